The minimum absolute atomic E-state index is 0.165. The van der Waals surface area contributed by atoms with Crippen molar-refractivity contribution in [1.29, 1.82) is 0 Å². The lowest BCUT2D eigenvalue weighted by Crippen LogP contribution is -2.24. The van der Waals surface area contributed by atoms with Gasteiger partial charge in [0.05, 0.1) is 5.39 Å². The molecular formula is C18H20Cl2N2O3S. The van der Waals surface area contributed by atoms with Gasteiger partial charge in [-0.15, -0.1) is 34.5 Å². The maximum atomic E-state index is 12.6. The summed E-state index contributed by atoms with van der Waals surface area (Å²) < 4.78 is 4.40. The summed E-state index contributed by atoms with van der Waals surface area (Å²) in [6.45, 7) is 5.59. The van der Waals surface area contributed by atoms with Gasteiger partial charge in [0.25, 0.3) is 5.56 Å². The molecule has 4 rings (SSSR count). The lowest BCUT2D eigenvalue weighted by Gasteiger charge is -2.17. The molecule has 8 heteroatoms. The van der Waals surface area contributed by atoms with E-state index in [2.05, 4.69) is 16.9 Å². The zero-order chi connectivity index (χ0) is 18.9. The Morgan fingerprint density at radius 2 is 2.15 bits per heavy atom. The summed E-state index contributed by atoms with van der Waals surface area (Å²) >= 11 is 13.6. The van der Waals surface area contributed by atoms with Gasteiger partial charge in [-0.2, -0.15) is 0 Å². The van der Waals surface area contributed by atoms with Gasteiger partial charge in [0, 0.05) is 11.3 Å². The Hall–Kier alpha value is -1.11. The van der Waals surface area contributed by atoms with Gasteiger partial charge in [0.1, 0.15) is 14.6 Å². The molecule has 2 aliphatic rings. The number of hydrogen-bond donors (Lipinski definition) is 1. The summed E-state index contributed by atoms with van der Waals surface area (Å²) in [6, 6.07) is 0. The third-order valence-electron chi connectivity index (χ3n) is 5.56. The predicted octanol–water partition coefficient (Wildman–Crippen LogP) is 4.30. The number of carbonyl (C=O) groups excluding carboxylic acids is 1. The van der Waals surface area contributed by atoms with Gasteiger partial charge in [-0.3, -0.25) is 9.59 Å². The molecule has 0 spiro atoms. The van der Waals surface area contributed by atoms with Crippen LogP contribution in [0.5, 0.6) is 0 Å². The van der Waals surface area contributed by atoms with Crippen LogP contribution in [0.4, 0.5) is 0 Å². The summed E-state index contributed by atoms with van der Waals surface area (Å²) in [5, 5.41) is 0.689. The van der Waals surface area contributed by atoms with Crippen LogP contribution in [-0.4, -0.2) is 20.3 Å². The average molecular weight is 415 g/mol. The Kier molecular flexibility index (Phi) is 4.18. The number of fused-ring (bicyclic) bond motifs is 3. The molecule has 2 aromatic rings. The van der Waals surface area contributed by atoms with Crippen molar-refractivity contribution in [3.8, 4) is 0 Å². The highest BCUT2D eigenvalue weighted by molar-refractivity contribution is 7.18. The van der Waals surface area contributed by atoms with Crippen molar-refractivity contribution < 1.29 is 9.53 Å². The van der Waals surface area contributed by atoms with Crippen molar-refractivity contribution in [2.75, 3.05) is 0 Å². The molecule has 0 amide bonds. The monoisotopic (exact) mass is 414 g/mol. The number of aryl methyl sites for hydroxylation is 1. The second-order valence-electron chi connectivity index (χ2n) is 7.74. The van der Waals surface area contributed by atoms with Crippen molar-refractivity contribution in [3.63, 3.8) is 0 Å². The van der Waals surface area contributed by atoms with Gasteiger partial charge >= 0.3 is 5.97 Å². The van der Waals surface area contributed by atoms with Crippen LogP contribution in [0.2, 0.25) is 0 Å². The van der Waals surface area contributed by atoms with E-state index in [1.165, 1.54) is 4.88 Å². The fourth-order valence-corrected chi connectivity index (χ4v) is 5.61. The minimum atomic E-state index is -1.09. The molecule has 140 valence electrons. The third-order valence-corrected chi connectivity index (χ3v) is 7.81. The molecule has 1 N–H and O–H groups in total. The number of aromatic nitrogens is 2. The number of nitrogens with zero attached hydrogens (tertiary/aromatic N) is 1. The molecule has 0 saturated heterocycles. The molecule has 0 bridgehead atoms. The van der Waals surface area contributed by atoms with Crippen LogP contribution >= 0.6 is 34.5 Å². The van der Waals surface area contributed by atoms with Crippen LogP contribution in [-0.2, 0) is 22.4 Å². The summed E-state index contributed by atoms with van der Waals surface area (Å²) in [4.78, 5) is 34.3. The van der Waals surface area contributed by atoms with Gasteiger partial charge in [-0.25, -0.2) is 4.98 Å². The number of hydrogen-bond acceptors (Lipinski definition) is 5. The molecule has 0 aliphatic heterocycles. The average Bonchev–Trinajstić information content (AvgIpc) is 2.90. The highest BCUT2D eigenvalue weighted by atomic mass is 35.5. The molecule has 5 nitrogen and oxygen atoms in total. The van der Waals surface area contributed by atoms with E-state index in [0.717, 1.165) is 24.8 Å². The Morgan fingerprint density at radius 1 is 1.46 bits per heavy atom. The first-order chi connectivity index (χ1) is 12.1. The SMILES string of the molecule is C[C@@H]1CCc2c(sc3nc([C@@H](C)OC(=O)[C@]4(C)CC4(Cl)Cl)[nH]c(=O)c23)C1. The van der Waals surface area contributed by atoms with Gasteiger partial charge in [-0.05, 0) is 44.6 Å². The van der Waals surface area contributed by atoms with E-state index in [4.69, 9.17) is 27.9 Å². The van der Waals surface area contributed by atoms with Crippen LogP contribution in [0.3, 0.4) is 0 Å². The van der Waals surface area contributed by atoms with Crippen LogP contribution in [0.1, 0.15) is 56.0 Å². The van der Waals surface area contributed by atoms with E-state index in [-0.39, 0.29) is 5.56 Å². The van der Waals surface area contributed by atoms with Crippen molar-refractivity contribution >= 4 is 50.7 Å². The molecule has 0 unspecified atom stereocenters. The lowest BCUT2D eigenvalue weighted by molar-refractivity contribution is -0.155. The Labute approximate surface area is 165 Å². The number of H-pyrrole nitrogens is 1. The maximum absolute atomic E-state index is 12.6. The molecule has 1 fully saturated rings. The predicted molar refractivity (Wildman–Crippen MR) is 103 cm³/mol. The Balaban J connectivity index is 1.63. The van der Waals surface area contributed by atoms with Crippen molar-refractivity contribution in [2.45, 2.75) is 56.9 Å². The number of halogens is 2. The number of aromatic amines is 1. The molecule has 2 aromatic heterocycles. The minimum Gasteiger partial charge on any atom is -0.454 e. The first-order valence-electron chi connectivity index (χ1n) is 8.76. The molecule has 3 atom stereocenters. The second-order valence-corrected chi connectivity index (χ2v) is 10.3. The van der Waals surface area contributed by atoms with Gasteiger partial charge in [0.15, 0.2) is 11.9 Å². The van der Waals surface area contributed by atoms with Crippen LogP contribution in [0, 0.1) is 11.3 Å². The van der Waals surface area contributed by atoms with Crippen LogP contribution < -0.4 is 5.56 Å². The van der Waals surface area contributed by atoms with Crippen molar-refractivity contribution in [1.82, 2.24) is 9.97 Å². The summed E-state index contributed by atoms with van der Waals surface area (Å²) in [7, 11) is 0. The zero-order valence-corrected chi connectivity index (χ0v) is 17.1. The lowest BCUT2D eigenvalue weighted by atomic mass is 9.89. The van der Waals surface area contributed by atoms with E-state index in [1.54, 1.807) is 25.2 Å². The standard InChI is InChI=1S/C18H20Cl2N2O3S/c1-8-4-5-10-11(6-8)26-15-12(10)14(23)21-13(22-15)9(2)25-16(24)17(3)7-18(17,19)20/h8-9H,4-7H2,1-3H3,(H,21,22,23)/t8-,9-,17+/m1/s1. The van der Waals surface area contributed by atoms with Gasteiger partial charge in [0.2, 0.25) is 0 Å². The Morgan fingerprint density at radius 3 is 2.81 bits per heavy atom. The molecule has 1 saturated carbocycles. The highest BCUT2D eigenvalue weighted by Gasteiger charge is 2.69. The molecule has 2 aliphatic carbocycles. The number of carbonyl (C=O) groups is 1. The number of ether oxygens (including phenoxy) is 1. The number of esters is 1. The molecule has 26 heavy (non-hydrogen) atoms. The van der Waals surface area contributed by atoms with Crippen molar-refractivity contribution in [3.05, 3.63) is 26.6 Å². The summed E-state index contributed by atoms with van der Waals surface area (Å²) in [5.74, 6) is 0.498. The summed E-state index contributed by atoms with van der Waals surface area (Å²) in [5.41, 5.74) is 0.0571. The zero-order valence-electron chi connectivity index (χ0n) is 14.8. The van der Waals surface area contributed by atoms with E-state index in [0.29, 0.717) is 28.4 Å². The molecular weight excluding hydrogens is 395 g/mol. The maximum Gasteiger partial charge on any atom is 0.315 e. The molecule has 0 radical (unpaired) electrons. The number of nitrogens with one attached hydrogen (secondary N) is 1. The molecule has 0 aromatic carbocycles. The normalized spacial score (nSPS) is 27.8. The highest BCUT2D eigenvalue weighted by Crippen LogP contribution is 2.64. The van der Waals surface area contributed by atoms with Crippen LogP contribution in [0.15, 0.2) is 4.79 Å². The smallest absolute Gasteiger partial charge is 0.315 e. The fraction of sp³-hybridized carbons (Fsp3) is 0.611. The number of thiophene rings is 1. The third kappa shape index (κ3) is 2.77. The van der Waals surface area contributed by atoms with E-state index in [1.807, 2.05) is 0 Å². The van der Waals surface area contributed by atoms with Crippen molar-refractivity contribution in [2.24, 2.45) is 11.3 Å². The largest absolute Gasteiger partial charge is 0.454 e. The van der Waals surface area contributed by atoms with E-state index < -0.39 is 21.8 Å². The number of alkyl halides is 2. The first kappa shape index (κ1) is 18.3. The van der Waals surface area contributed by atoms with Crippen LogP contribution in [0.25, 0.3) is 10.2 Å². The second kappa shape index (κ2) is 5.94. The first-order valence-corrected chi connectivity index (χ1v) is 10.3. The fourth-order valence-electron chi connectivity index (χ4n) is 3.53. The quantitative estimate of drug-likeness (QED) is 0.600. The Bertz CT molecular complexity index is 967. The summed E-state index contributed by atoms with van der Waals surface area (Å²) in [6.07, 6.45) is 2.66. The topological polar surface area (TPSA) is 72.0 Å². The number of rotatable bonds is 3. The van der Waals surface area contributed by atoms with E-state index >= 15 is 0 Å². The van der Waals surface area contributed by atoms with Gasteiger partial charge in [-0.1, -0.05) is 6.92 Å². The van der Waals surface area contributed by atoms with E-state index in [9.17, 15) is 9.59 Å². The van der Waals surface area contributed by atoms with Gasteiger partial charge < -0.3 is 9.72 Å². The molecule has 2 heterocycles.